The highest BCUT2D eigenvalue weighted by Gasteiger charge is 2.32. The molecule has 0 N–H and O–H groups in total. The Morgan fingerprint density at radius 2 is 1.93 bits per heavy atom. The van der Waals surface area contributed by atoms with E-state index in [2.05, 4.69) is 73.2 Å². The van der Waals surface area contributed by atoms with Gasteiger partial charge in [0.15, 0.2) is 0 Å². The lowest BCUT2D eigenvalue weighted by Gasteiger charge is -2.41. The van der Waals surface area contributed by atoms with Crippen molar-refractivity contribution in [2.75, 3.05) is 51.4 Å². The number of aryl methyl sites for hydroxylation is 3. The van der Waals surface area contributed by atoms with Gasteiger partial charge in [0.1, 0.15) is 19.1 Å². The number of carbonyl (C=O) groups excluding carboxylic acids is 1. The number of hydrogen-bond donors (Lipinski definition) is 0. The summed E-state index contributed by atoms with van der Waals surface area (Å²) in [5.41, 5.74) is 4.66. The van der Waals surface area contributed by atoms with Gasteiger partial charge in [0.05, 0.1) is 24.2 Å². The maximum Gasteiger partial charge on any atom is 0.318 e. The van der Waals surface area contributed by atoms with Crippen LogP contribution in [0.4, 0.5) is 10.2 Å². The molecule has 0 bridgehead atoms. The maximum absolute atomic E-state index is 12.8. The number of likely N-dealkylation sites (tertiary alicyclic amines) is 1. The summed E-state index contributed by atoms with van der Waals surface area (Å²) in [6.45, 7) is 6.66. The Kier molecular flexibility index (Phi) is 11.0. The summed E-state index contributed by atoms with van der Waals surface area (Å²) in [6, 6.07) is 15.6. The Balaban J connectivity index is 1.48. The molecule has 2 fully saturated rings. The van der Waals surface area contributed by atoms with E-state index in [4.69, 9.17) is 14.7 Å². The number of carbonyl (C=O) groups is 1. The molecule has 2 atom stereocenters. The molecule has 0 unspecified atom stereocenters. The van der Waals surface area contributed by atoms with Crippen molar-refractivity contribution in [3.8, 4) is 12.1 Å². The lowest BCUT2D eigenvalue weighted by molar-refractivity contribution is -0.128. The van der Waals surface area contributed by atoms with E-state index < -0.39 is 6.67 Å². The zero-order valence-corrected chi connectivity index (χ0v) is 26.8. The number of allylic oxidation sites excluding steroid dienone is 1. The van der Waals surface area contributed by atoms with E-state index >= 15 is 0 Å². The molecule has 3 heterocycles. The van der Waals surface area contributed by atoms with Crippen LogP contribution >= 0.6 is 0 Å². The standard InChI is InChI=1S/C36H45FN6O2/c1-4-9-31-32(17-16-28-13-6-12-27-11-5-10-26(2)34(27)28)39-36(45-25-30-14-8-21-41(30)3)40-35(31)42-22-23-43(29(24-42)18-20-38)33(44)15-7-19-37/h5-7,10-13,15,29-30H,4,8-9,14,16-19,21-25H2,1-3H3/b15-7+/t29-,30-/m0/s1. The van der Waals surface area contributed by atoms with E-state index in [1.807, 2.05) is 0 Å². The molecule has 2 aromatic carbocycles. The van der Waals surface area contributed by atoms with Gasteiger partial charge < -0.3 is 19.4 Å². The third kappa shape index (κ3) is 7.62. The molecule has 3 aromatic rings. The van der Waals surface area contributed by atoms with E-state index in [0.29, 0.717) is 38.3 Å². The van der Waals surface area contributed by atoms with Crippen LogP contribution < -0.4 is 9.64 Å². The fourth-order valence-electron chi connectivity index (χ4n) is 6.83. The van der Waals surface area contributed by atoms with Crippen molar-refractivity contribution in [2.45, 2.75) is 70.9 Å². The smallest absolute Gasteiger partial charge is 0.318 e. The summed E-state index contributed by atoms with van der Waals surface area (Å²) >= 11 is 0. The number of halogens is 1. The third-order valence-corrected chi connectivity index (χ3v) is 9.20. The van der Waals surface area contributed by atoms with Gasteiger partial charge in [-0.05, 0) is 80.6 Å². The largest absolute Gasteiger partial charge is 0.462 e. The van der Waals surface area contributed by atoms with E-state index in [-0.39, 0.29) is 18.4 Å². The minimum Gasteiger partial charge on any atom is -0.462 e. The predicted octanol–water partition coefficient (Wildman–Crippen LogP) is 5.61. The Labute approximate surface area is 266 Å². The minimum atomic E-state index is -0.698. The van der Waals surface area contributed by atoms with Crippen LogP contribution in [0.2, 0.25) is 0 Å². The average molecular weight is 613 g/mol. The van der Waals surface area contributed by atoms with E-state index in [1.165, 1.54) is 34.1 Å². The second-order valence-corrected chi connectivity index (χ2v) is 12.2. The van der Waals surface area contributed by atoms with E-state index in [1.54, 1.807) is 4.90 Å². The predicted molar refractivity (Wildman–Crippen MR) is 176 cm³/mol. The molecule has 0 saturated carbocycles. The highest BCUT2D eigenvalue weighted by molar-refractivity contribution is 5.89. The number of hydrogen-bond acceptors (Lipinski definition) is 7. The van der Waals surface area contributed by atoms with Gasteiger partial charge in [-0.2, -0.15) is 15.2 Å². The summed E-state index contributed by atoms with van der Waals surface area (Å²) in [5, 5.41) is 12.2. The van der Waals surface area contributed by atoms with Crippen LogP contribution in [-0.4, -0.2) is 84.3 Å². The number of likely N-dealkylation sites (N-methyl/N-ethyl adjacent to an activating group) is 1. The molecule has 0 radical (unpaired) electrons. The van der Waals surface area contributed by atoms with Crippen molar-refractivity contribution in [2.24, 2.45) is 0 Å². The highest BCUT2D eigenvalue weighted by atomic mass is 19.1. The van der Waals surface area contributed by atoms with Crippen LogP contribution in [0.25, 0.3) is 10.8 Å². The zero-order valence-electron chi connectivity index (χ0n) is 26.8. The first-order valence-corrected chi connectivity index (χ1v) is 16.3. The second kappa shape index (κ2) is 15.3. The molecule has 8 nitrogen and oxygen atoms in total. The summed E-state index contributed by atoms with van der Waals surface area (Å²) in [6.07, 6.45) is 8.24. The molecule has 5 rings (SSSR count). The molecule has 45 heavy (non-hydrogen) atoms. The highest BCUT2D eigenvalue weighted by Crippen LogP contribution is 2.31. The van der Waals surface area contributed by atoms with Crippen molar-refractivity contribution < 1.29 is 13.9 Å². The Morgan fingerprint density at radius 3 is 2.67 bits per heavy atom. The topological polar surface area (TPSA) is 85.6 Å². The van der Waals surface area contributed by atoms with Gasteiger partial charge in [-0.15, -0.1) is 0 Å². The van der Waals surface area contributed by atoms with E-state index in [9.17, 15) is 14.4 Å². The number of nitrogens with zero attached hydrogens (tertiary/aromatic N) is 6. The van der Waals surface area contributed by atoms with Crippen LogP contribution in [0.15, 0.2) is 48.6 Å². The van der Waals surface area contributed by atoms with Gasteiger partial charge >= 0.3 is 6.01 Å². The first-order valence-electron chi connectivity index (χ1n) is 16.3. The van der Waals surface area contributed by atoms with Crippen molar-refractivity contribution in [1.29, 1.82) is 5.26 Å². The number of benzene rings is 2. The first kappa shape index (κ1) is 32.4. The van der Waals surface area contributed by atoms with Crippen LogP contribution in [0.5, 0.6) is 6.01 Å². The number of amides is 1. The van der Waals surface area contributed by atoms with Gasteiger partial charge in [0.25, 0.3) is 0 Å². The minimum absolute atomic E-state index is 0.185. The molecule has 9 heteroatoms. The van der Waals surface area contributed by atoms with Gasteiger partial charge in [0, 0.05) is 37.3 Å². The fraction of sp³-hybridized carbons (Fsp3) is 0.500. The Morgan fingerprint density at radius 1 is 1.11 bits per heavy atom. The van der Waals surface area contributed by atoms with Crippen molar-refractivity contribution in [1.82, 2.24) is 19.8 Å². The molecular weight excluding hydrogens is 567 g/mol. The number of rotatable bonds is 12. The van der Waals surface area contributed by atoms with Gasteiger partial charge in [0.2, 0.25) is 5.91 Å². The Hall–Kier alpha value is -4.03. The SMILES string of the molecule is CCCc1c(CCc2cccc3cccc(C)c23)nc(OC[C@@H]2CCCN2C)nc1N1CCN(C(=O)/C=C/CF)[C@@H](CC#N)C1. The number of fused-ring (bicyclic) bond motifs is 1. The van der Waals surface area contributed by atoms with E-state index in [0.717, 1.165) is 62.1 Å². The summed E-state index contributed by atoms with van der Waals surface area (Å²) in [5.74, 6) is 0.569. The molecule has 238 valence electrons. The number of piperazine rings is 1. The molecule has 2 aliphatic rings. The molecule has 0 spiro atoms. The van der Waals surface area contributed by atoms with Gasteiger partial charge in [-0.25, -0.2) is 4.39 Å². The molecule has 1 aromatic heterocycles. The summed E-state index contributed by atoms with van der Waals surface area (Å²) < 4.78 is 19.1. The lowest BCUT2D eigenvalue weighted by atomic mass is 9.95. The normalized spacial score (nSPS) is 19.0. The van der Waals surface area contributed by atoms with Gasteiger partial charge in [-0.1, -0.05) is 49.7 Å². The van der Waals surface area contributed by atoms with Crippen LogP contribution in [0.1, 0.15) is 55.0 Å². The molecule has 2 aliphatic heterocycles. The number of anilines is 1. The van der Waals surface area contributed by atoms with Crippen LogP contribution in [0, 0.1) is 18.3 Å². The van der Waals surface area contributed by atoms with Crippen molar-refractivity contribution in [3.05, 3.63) is 70.9 Å². The fourth-order valence-corrected chi connectivity index (χ4v) is 6.83. The number of alkyl halides is 1. The summed E-state index contributed by atoms with van der Waals surface area (Å²) in [4.78, 5) is 29.1. The maximum atomic E-state index is 12.8. The Bertz CT molecular complexity index is 1550. The molecular formula is C36H45FN6O2. The summed E-state index contributed by atoms with van der Waals surface area (Å²) in [7, 11) is 2.13. The second-order valence-electron chi connectivity index (χ2n) is 12.2. The van der Waals surface area contributed by atoms with Crippen LogP contribution in [-0.2, 0) is 24.1 Å². The van der Waals surface area contributed by atoms with Crippen LogP contribution in [0.3, 0.4) is 0 Å². The molecule has 1 amide bonds. The monoisotopic (exact) mass is 612 g/mol. The number of ether oxygens (including phenoxy) is 1. The third-order valence-electron chi connectivity index (χ3n) is 9.20. The molecule has 2 saturated heterocycles. The van der Waals surface area contributed by atoms with Gasteiger partial charge in [-0.3, -0.25) is 4.79 Å². The quantitative estimate of drug-likeness (QED) is 0.246. The lowest BCUT2D eigenvalue weighted by Crippen LogP contribution is -2.55. The first-order chi connectivity index (χ1) is 21.9. The zero-order chi connectivity index (χ0) is 31.8. The van der Waals surface area contributed by atoms with Crippen molar-refractivity contribution >= 4 is 22.5 Å². The number of aromatic nitrogens is 2. The molecule has 0 aliphatic carbocycles. The average Bonchev–Trinajstić information content (AvgIpc) is 3.46. The number of nitriles is 1. The van der Waals surface area contributed by atoms with Crippen molar-refractivity contribution in [3.63, 3.8) is 0 Å².